The molecule has 0 amide bonds. The van der Waals surface area contributed by atoms with Gasteiger partial charge in [-0.3, -0.25) is 5.09 Å². The van der Waals surface area contributed by atoms with Crippen molar-refractivity contribution < 1.29 is 19.7 Å². The zero-order valence-corrected chi connectivity index (χ0v) is 7.40. The molecule has 6 nitrogen and oxygen atoms in total. The smallest absolute Gasteiger partial charge is 0.360 e. The third kappa shape index (κ3) is 2.95. The van der Waals surface area contributed by atoms with E-state index in [1.165, 1.54) is 12.1 Å². The molecule has 13 heavy (non-hydrogen) atoms. The summed E-state index contributed by atoms with van der Waals surface area (Å²) in [6, 6.07) is 3.51. The fourth-order valence-corrected chi connectivity index (χ4v) is 1.32. The molecule has 72 valence electrons. The molecular formula is C6H9N2O4P. The molecule has 7 heteroatoms. The first-order chi connectivity index (χ1) is 5.88. The summed E-state index contributed by atoms with van der Waals surface area (Å²) in [4.78, 5) is 8.71. The quantitative estimate of drug-likeness (QED) is 0.273. The number of hydrogen-bond acceptors (Lipinski definition) is 3. The molecule has 1 aromatic rings. The van der Waals surface area contributed by atoms with Crippen LogP contribution < -0.4 is 10.6 Å². The molecule has 1 atom stereocenters. The second-order valence-electron chi connectivity index (χ2n) is 2.44. The SMILES string of the molecule is NP(=O)(O)Nc1ccc(O)cc1O. The first-order valence-electron chi connectivity index (χ1n) is 3.30. The predicted octanol–water partition coefficient (Wildman–Crippen LogP) is 0.569. The highest BCUT2D eigenvalue weighted by Crippen LogP contribution is 2.37. The van der Waals surface area contributed by atoms with E-state index in [1.807, 2.05) is 5.09 Å². The maximum atomic E-state index is 10.7. The normalized spacial score (nSPS) is 14.9. The van der Waals surface area contributed by atoms with Crippen molar-refractivity contribution in [2.75, 3.05) is 5.09 Å². The molecule has 0 saturated carbocycles. The molecule has 0 aliphatic carbocycles. The van der Waals surface area contributed by atoms with E-state index in [0.717, 1.165) is 6.07 Å². The summed E-state index contributed by atoms with van der Waals surface area (Å²) in [5.41, 5.74) is 4.79. The standard InChI is InChI=1S/C6H9N2O4P/c7-13(11,12)8-5-2-1-4(9)3-6(5)10/h1-3,9-10H,(H4,7,8,11,12). The largest absolute Gasteiger partial charge is 0.508 e. The lowest BCUT2D eigenvalue weighted by Crippen LogP contribution is -2.03. The van der Waals surface area contributed by atoms with Crippen molar-refractivity contribution in [2.24, 2.45) is 5.50 Å². The Morgan fingerprint density at radius 3 is 2.46 bits per heavy atom. The zero-order chi connectivity index (χ0) is 10.1. The van der Waals surface area contributed by atoms with E-state index < -0.39 is 7.67 Å². The van der Waals surface area contributed by atoms with Gasteiger partial charge < -0.3 is 15.1 Å². The number of phenolic OH excluding ortho intramolecular Hbond substituents is 2. The number of aromatic hydroxyl groups is 2. The van der Waals surface area contributed by atoms with E-state index in [4.69, 9.17) is 20.6 Å². The monoisotopic (exact) mass is 204 g/mol. The van der Waals surface area contributed by atoms with Crippen LogP contribution >= 0.6 is 7.67 Å². The van der Waals surface area contributed by atoms with Crippen LogP contribution in [-0.2, 0) is 4.57 Å². The number of nitrogens with two attached hydrogens (primary N) is 1. The Kier molecular flexibility index (Phi) is 2.47. The molecule has 6 N–H and O–H groups in total. The number of phenols is 2. The van der Waals surface area contributed by atoms with Gasteiger partial charge >= 0.3 is 7.67 Å². The van der Waals surface area contributed by atoms with Crippen molar-refractivity contribution in [3.8, 4) is 11.5 Å². The maximum Gasteiger partial charge on any atom is 0.360 e. The lowest BCUT2D eigenvalue weighted by atomic mass is 10.3. The number of benzene rings is 1. The minimum Gasteiger partial charge on any atom is -0.508 e. The minimum atomic E-state index is -3.92. The number of anilines is 1. The number of nitrogens with one attached hydrogen (secondary N) is 1. The molecule has 0 saturated heterocycles. The molecule has 0 aromatic heterocycles. The van der Waals surface area contributed by atoms with Crippen LogP contribution in [0.2, 0.25) is 0 Å². The van der Waals surface area contributed by atoms with Crippen molar-refractivity contribution in [3.05, 3.63) is 18.2 Å². The Labute approximate surface area is 74.2 Å². The third-order valence-corrected chi connectivity index (χ3v) is 1.82. The summed E-state index contributed by atoms with van der Waals surface area (Å²) in [5.74, 6) is -0.493. The van der Waals surface area contributed by atoms with Crippen LogP contribution in [0, 0.1) is 0 Å². The van der Waals surface area contributed by atoms with Gasteiger partial charge in [0.2, 0.25) is 0 Å². The zero-order valence-electron chi connectivity index (χ0n) is 6.51. The van der Waals surface area contributed by atoms with Gasteiger partial charge in [-0.2, -0.15) is 0 Å². The second-order valence-corrected chi connectivity index (χ2v) is 3.91. The van der Waals surface area contributed by atoms with Gasteiger partial charge in [0.05, 0.1) is 5.69 Å². The molecule has 0 fully saturated rings. The van der Waals surface area contributed by atoms with E-state index in [2.05, 4.69) is 0 Å². The fourth-order valence-electron chi connectivity index (χ4n) is 0.787. The topological polar surface area (TPSA) is 116 Å². The lowest BCUT2D eigenvalue weighted by Gasteiger charge is -2.10. The maximum absolute atomic E-state index is 10.7. The highest BCUT2D eigenvalue weighted by molar-refractivity contribution is 7.57. The van der Waals surface area contributed by atoms with E-state index >= 15 is 0 Å². The predicted molar refractivity (Wildman–Crippen MR) is 47.4 cm³/mol. The molecule has 0 aliphatic heterocycles. The van der Waals surface area contributed by atoms with Gasteiger partial charge in [-0.15, -0.1) is 0 Å². The Hall–Kier alpha value is -1.23. The van der Waals surface area contributed by atoms with Crippen LogP contribution in [0.3, 0.4) is 0 Å². The van der Waals surface area contributed by atoms with Gasteiger partial charge in [0.15, 0.2) is 0 Å². The summed E-state index contributed by atoms with van der Waals surface area (Å²) >= 11 is 0. The van der Waals surface area contributed by atoms with E-state index in [0.29, 0.717) is 0 Å². The molecule has 1 rings (SSSR count). The molecule has 0 heterocycles. The van der Waals surface area contributed by atoms with Gasteiger partial charge in [-0.1, -0.05) is 0 Å². The first-order valence-corrected chi connectivity index (χ1v) is 5.03. The van der Waals surface area contributed by atoms with E-state index in [1.54, 1.807) is 0 Å². The van der Waals surface area contributed by atoms with Crippen molar-refractivity contribution in [2.45, 2.75) is 0 Å². The van der Waals surface area contributed by atoms with Gasteiger partial charge in [0.1, 0.15) is 11.5 Å². The molecule has 0 bridgehead atoms. The molecular weight excluding hydrogens is 195 g/mol. The van der Waals surface area contributed by atoms with Crippen LogP contribution in [0.1, 0.15) is 0 Å². The van der Waals surface area contributed by atoms with Crippen molar-refractivity contribution in [1.82, 2.24) is 0 Å². The highest BCUT2D eigenvalue weighted by Gasteiger charge is 2.12. The average Bonchev–Trinajstić information content (AvgIpc) is 1.93. The molecule has 1 unspecified atom stereocenters. The summed E-state index contributed by atoms with van der Waals surface area (Å²) in [6.07, 6.45) is 0. The lowest BCUT2D eigenvalue weighted by molar-refractivity contribution is 0.451. The third-order valence-electron chi connectivity index (χ3n) is 1.26. The molecule has 0 aliphatic rings. The molecule has 0 radical (unpaired) electrons. The van der Waals surface area contributed by atoms with Gasteiger partial charge in [-0.05, 0) is 12.1 Å². The fraction of sp³-hybridized carbons (Fsp3) is 0. The van der Waals surface area contributed by atoms with Crippen LogP contribution in [0.25, 0.3) is 0 Å². The van der Waals surface area contributed by atoms with Crippen LogP contribution in [-0.4, -0.2) is 15.1 Å². The summed E-state index contributed by atoms with van der Waals surface area (Å²) in [6.45, 7) is 0. The Balaban J connectivity index is 2.97. The second kappa shape index (κ2) is 3.26. The number of rotatable bonds is 2. The van der Waals surface area contributed by atoms with Gasteiger partial charge in [0, 0.05) is 6.07 Å². The van der Waals surface area contributed by atoms with Crippen molar-refractivity contribution >= 4 is 13.4 Å². The Morgan fingerprint density at radius 1 is 1.38 bits per heavy atom. The van der Waals surface area contributed by atoms with E-state index in [-0.39, 0.29) is 17.2 Å². The summed E-state index contributed by atoms with van der Waals surface area (Å²) < 4.78 is 10.7. The number of hydrogen-bond donors (Lipinski definition) is 5. The first kappa shape index (κ1) is 9.85. The summed E-state index contributed by atoms with van der Waals surface area (Å²) in [5, 5.41) is 20.0. The van der Waals surface area contributed by atoms with Crippen molar-refractivity contribution in [1.29, 1.82) is 0 Å². The average molecular weight is 204 g/mol. The van der Waals surface area contributed by atoms with E-state index in [9.17, 15) is 4.57 Å². The van der Waals surface area contributed by atoms with Crippen LogP contribution in [0.15, 0.2) is 18.2 Å². The van der Waals surface area contributed by atoms with Crippen molar-refractivity contribution in [3.63, 3.8) is 0 Å². The summed E-state index contributed by atoms with van der Waals surface area (Å²) in [7, 11) is -3.92. The van der Waals surface area contributed by atoms with Gasteiger partial charge in [0.25, 0.3) is 0 Å². The van der Waals surface area contributed by atoms with Crippen LogP contribution in [0.4, 0.5) is 5.69 Å². The Bertz CT molecular complexity index is 362. The van der Waals surface area contributed by atoms with Gasteiger partial charge in [-0.25, -0.2) is 10.1 Å². The minimum absolute atomic E-state index is 0.00821. The molecule has 0 spiro atoms. The highest BCUT2D eigenvalue weighted by atomic mass is 31.2. The molecule has 1 aromatic carbocycles. The van der Waals surface area contributed by atoms with Crippen LogP contribution in [0.5, 0.6) is 11.5 Å². The Morgan fingerprint density at radius 2 is 2.00 bits per heavy atom.